The molecule has 0 fully saturated rings. The van der Waals surface area contributed by atoms with Gasteiger partial charge >= 0.3 is 0 Å². The highest BCUT2D eigenvalue weighted by molar-refractivity contribution is 9.10. The summed E-state index contributed by atoms with van der Waals surface area (Å²) in [6.45, 7) is 4.08. The van der Waals surface area contributed by atoms with Gasteiger partial charge in [0.25, 0.3) is 0 Å². The molecule has 18 heavy (non-hydrogen) atoms. The summed E-state index contributed by atoms with van der Waals surface area (Å²) in [6.07, 6.45) is 4.71. The number of amides is 1. The fourth-order valence-electron chi connectivity index (χ4n) is 2.40. The summed E-state index contributed by atoms with van der Waals surface area (Å²) in [5.41, 5.74) is 3.73. The monoisotopic (exact) mass is 309 g/mol. The molecule has 3 heteroatoms. The van der Waals surface area contributed by atoms with Crippen LogP contribution in [-0.2, 0) is 17.6 Å². The molecular formula is C15H20BrNO. The second kappa shape index (κ2) is 5.87. The van der Waals surface area contributed by atoms with Crippen molar-refractivity contribution in [3.8, 4) is 0 Å². The predicted molar refractivity (Wildman–Crippen MR) is 79.3 cm³/mol. The molecule has 1 unspecified atom stereocenters. The molecular weight excluding hydrogens is 290 g/mol. The van der Waals surface area contributed by atoms with Gasteiger partial charge in [0.1, 0.15) is 0 Å². The van der Waals surface area contributed by atoms with Crippen molar-refractivity contribution in [2.24, 2.45) is 5.92 Å². The molecule has 1 aliphatic rings. The molecule has 1 aromatic carbocycles. The van der Waals surface area contributed by atoms with E-state index in [0.717, 1.165) is 18.5 Å². The highest BCUT2D eigenvalue weighted by atomic mass is 79.9. The molecule has 2 rings (SSSR count). The summed E-state index contributed by atoms with van der Waals surface area (Å²) in [5, 5.41) is 3.07. The molecule has 1 atom stereocenters. The Labute approximate surface area is 117 Å². The first-order valence-electron chi connectivity index (χ1n) is 6.65. The van der Waals surface area contributed by atoms with Gasteiger partial charge in [-0.2, -0.15) is 0 Å². The number of aryl methyl sites for hydroxylation is 1. The fourth-order valence-corrected chi connectivity index (χ4v) is 2.52. The van der Waals surface area contributed by atoms with Crippen LogP contribution < -0.4 is 5.32 Å². The van der Waals surface area contributed by atoms with Gasteiger partial charge in [-0.15, -0.1) is 0 Å². The van der Waals surface area contributed by atoms with Crippen LogP contribution in [0.25, 0.3) is 0 Å². The number of anilines is 1. The molecule has 1 amide bonds. The summed E-state index contributed by atoms with van der Waals surface area (Å²) in [5.74, 6) is 0.355. The van der Waals surface area contributed by atoms with Crippen molar-refractivity contribution in [1.82, 2.24) is 0 Å². The lowest BCUT2D eigenvalue weighted by Crippen LogP contribution is -2.27. The van der Waals surface area contributed by atoms with Crippen LogP contribution in [0, 0.1) is 5.92 Å². The number of carbonyl (C=O) groups is 1. The number of nitrogens with one attached hydrogen (secondary N) is 1. The molecule has 1 aromatic rings. The lowest BCUT2D eigenvalue weighted by molar-refractivity contribution is -0.116. The van der Waals surface area contributed by atoms with Gasteiger partial charge in [-0.1, -0.05) is 41.9 Å². The number of halogens is 1. The third-order valence-electron chi connectivity index (χ3n) is 3.49. The van der Waals surface area contributed by atoms with Gasteiger partial charge in [0.2, 0.25) is 5.91 Å². The Kier molecular flexibility index (Phi) is 4.44. The molecule has 0 bridgehead atoms. The topological polar surface area (TPSA) is 29.1 Å². The van der Waals surface area contributed by atoms with Gasteiger partial charge < -0.3 is 5.32 Å². The van der Waals surface area contributed by atoms with E-state index in [0.29, 0.717) is 5.92 Å². The second-order valence-electron chi connectivity index (χ2n) is 5.29. The molecule has 1 N–H and O–H groups in total. The number of hydrogen-bond acceptors (Lipinski definition) is 1. The molecule has 2 nitrogen and oxygen atoms in total. The lowest BCUT2D eigenvalue weighted by Gasteiger charge is -2.21. The standard InChI is InChI=1S/C15H20BrNO/c1-10(2)14(16)15(18)17-13-9-5-7-11-6-3-4-8-12(11)13/h5,7,9-10,14H,3-4,6,8H2,1-2H3,(H,17,18). The molecule has 98 valence electrons. The van der Waals surface area contributed by atoms with Crippen LogP contribution in [0.4, 0.5) is 5.69 Å². The van der Waals surface area contributed by atoms with E-state index in [9.17, 15) is 4.79 Å². The first kappa shape index (κ1) is 13.6. The van der Waals surface area contributed by atoms with E-state index >= 15 is 0 Å². The van der Waals surface area contributed by atoms with E-state index in [1.54, 1.807) is 0 Å². The molecule has 0 spiro atoms. The highest BCUT2D eigenvalue weighted by Crippen LogP contribution is 2.28. The van der Waals surface area contributed by atoms with E-state index in [1.165, 1.54) is 24.0 Å². The summed E-state index contributed by atoms with van der Waals surface area (Å²) in [6, 6.07) is 6.23. The Morgan fingerprint density at radius 3 is 2.72 bits per heavy atom. The van der Waals surface area contributed by atoms with Gasteiger partial charge in [-0.05, 0) is 48.8 Å². The van der Waals surface area contributed by atoms with Crippen molar-refractivity contribution in [2.45, 2.75) is 44.4 Å². The van der Waals surface area contributed by atoms with Crippen LogP contribution in [0.1, 0.15) is 37.8 Å². The van der Waals surface area contributed by atoms with E-state index < -0.39 is 0 Å². The van der Waals surface area contributed by atoms with Gasteiger partial charge in [0.15, 0.2) is 0 Å². The van der Waals surface area contributed by atoms with E-state index in [2.05, 4.69) is 27.3 Å². The number of rotatable bonds is 3. The smallest absolute Gasteiger partial charge is 0.238 e. The third-order valence-corrected chi connectivity index (χ3v) is 4.96. The summed E-state index contributed by atoms with van der Waals surface area (Å²) < 4.78 is 0. The molecule has 0 saturated carbocycles. The average Bonchev–Trinajstić information content (AvgIpc) is 2.38. The third kappa shape index (κ3) is 2.94. The maximum atomic E-state index is 12.1. The molecule has 1 aliphatic carbocycles. The second-order valence-corrected chi connectivity index (χ2v) is 6.27. The molecule has 0 saturated heterocycles. The quantitative estimate of drug-likeness (QED) is 0.842. The first-order chi connectivity index (χ1) is 8.59. The van der Waals surface area contributed by atoms with Gasteiger partial charge in [0.05, 0.1) is 4.83 Å². The van der Waals surface area contributed by atoms with Crippen molar-refractivity contribution in [2.75, 3.05) is 5.32 Å². The predicted octanol–water partition coefficient (Wildman–Crippen LogP) is 3.92. The number of carbonyl (C=O) groups excluding carboxylic acids is 1. The fraction of sp³-hybridized carbons (Fsp3) is 0.533. The first-order valence-corrected chi connectivity index (χ1v) is 7.57. The van der Waals surface area contributed by atoms with Crippen molar-refractivity contribution >= 4 is 27.5 Å². The molecule has 0 heterocycles. The average molecular weight is 310 g/mol. The zero-order chi connectivity index (χ0) is 13.1. The van der Waals surface area contributed by atoms with Crippen molar-refractivity contribution < 1.29 is 4.79 Å². The zero-order valence-electron chi connectivity index (χ0n) is 11.0. The number of fused-ring (bicyclic) bond motifs is 1. The summed E-state index contributed by atoms with van der Waals surface area (Å²) in [4.78, 5) is 12.0. The Balaban J connectivity index is 2.17. The van der Waals surface area contributed by atoms with Gasteiger partial charge in [-0.25, -0.2) is 0 Å². The SMILES string of the molecule is CC(C)C(Br)C(=O)Nc1cccc2c1CCCC2. The highest BCUT2D eigenvalue weighted by Gasteiger charge is 2.20. The van der Waals surface area contributed by atoms with Crippen molar-refractivity contribution in [3.63, 3.8) is 0 Å². The summed E-state index contributed by atoms with van der Waals surface area (Å²) in [7, 11) is 0. The van der Waals surface area contributed by atoms with Gasteiger partial charge in [0, 0.05) is 5.69 Å². The number of alkyl halides is 1. The van der Waals surface area contributed by atoms with E-state index in [4.69, 9.17) is 0 Å². The van der Waals surface area contributed by atoms with Crippen molar-refractivity contribution in [1.29, 1.82) is 0 Å². The summed E-state index contributed by atoms with van der Waals surface area (Å²) >= 11 is 3.45. The number of benzene rings is 1. The molecule has 0 aliphatic heterocycles. The zero-order valence-corrected chi connectivity index (χ0v) is 12.6. The Bertz CT molecular complexity index is 442. The van der Waals surface area contributed by atoms with Crippen LogP contribution in [-0.4, -0.2) is 10.7 Å². The van der Waals surface area contributed by atoms with Crippen molar-refractivity contribution in [3.05, 3.63) is 29.3 Å². The Hall–Kier alpha value is -0.830. The van der Waals surface area contributed by atoms with Crippen LogP contribution in [0.2, 0.25) is 0 Å². The Morgan fingerprint density at radius 1 is 1.28 bits per heavy atom. The minimum Gasteiger partial charge on any atom is -0.325 e. The van der Waals surface area contributed by atoms with Gasteiger partial charge in [-0.3, -0.25) is 4.79 Å². The molecule has 0 radical (unpaired) electrons. The van der Waals surface area contributed by atoms with Crippen LogP contribution in [0.5, 0.6) is 0 Å². The minimum atomic E-state index is -0.128. The molecule has 0 aromatic heterocycles. The maximum absolute atomic E-state index is 12.1. The largest absolute Gasteiger partial charge is 0.325 e. The lowest BCUT2D eigenvalue weighted by atomic mass is 9.90. The van der Waals surface area contributed by atoms with E-state index in [1.807, 2.05) is 26.0 Å². The number of hydrogen-bond donors (Lipinski definition) is 1. The Morgan fingerprint density at radius 2 is 2.00 bits per heavy atom. The van der Waals surface area contributed by atoms with E-state index in [-0.39, 0.29) is 10.7 Å². The normalized spacial score (nSPS) is 16.2. The maximum Gasteiger partial charge on any atom is 0.238 e. The minimum absolute atomic E-state index is 0.0592. The van der Waals surface area contributed by atoms with Crippen LogP contribution in [0.15, 0.2) is 18.2 Å². The van der Waals surface area contributed by atoms with Crippen LogP contribution >= 0.6 is 15.9 Å². The van der Waals surface area contributed by atoms with Crippen LogP contribution in [0.3, 0.4) is 0 Å².